The number of hydrogen-bond acceptors (Lipinski definition) is 7. The molecule has 2 heterocycles. The average molecular weight is 253 g/mol. The quantitative estimate of drug-likeness (QED) is 0.830. The fraction of sp³-hybridized carbons (Fsp3) is 0.600. The van der Waals surface area contributed by atoms with Crippen LogP contribution >= 0.6 is 11.5 Å². The SMILES string of the molecule is Cc1nc(CN(C)c2nc(C(C)C)ns2)no1. The summed E-state index contributed by atoms with van der Waals surface area (Å²) < 4.78 is 9.23. The van der Waals surface area contributed by atoms with Crippen LogP contribution in [0.2, 0.25) is 0 Å². The molecule has 0 bridgehead atoms. The molecule has 0 N–H and O–H groups in total. The Bertz CT molecular complexity index is 492. The molecule has 17 heavy (non-hydrogen) atoms. The molecule has 0 aliphatic rings. The largest absolute Gasteiger partial charge is 0.342 e. The first-order chi connectivity index (χ1) is 8.06. The van der Waals surface area contributed by atoms with Crippen LogP contribution in [0.1, 0.15) is 37.3 Å². The van der Waals surface area contributed by atoms with E-state index in [0.29, 0.717) is 24.2 Å². The van der Waals surface area contributed by atoms with Gasteiger partial charge in [0, 0.05) is 31.4 Å². The van der Waals surface area contributed by atoms with Crippen molar-refractivity contribution in [3.8, 4) is 0 Å². The molecule has 0 unspecified atom stereocenters. The highest BCUT2D eigenvalue weighted by atomic mass is 32.1. The second-order valence-electron chi connectivity index (χ2n) is 4.18. The third kappa shape index (κ3) is 2.79. The standard InChI is InChI=1S/C10H15N5OS/c1-6(2)9-12-10(17-14-9)15(4)5-8-11-7(3)16-13-8/h6H,5H2,1-4H3. The van der Waals surface area contributed by atoms with E-state index in [2.05, 4.69) is 33.3 Å². The Morgan fingerprint density at radius 1 is 1.35 bits per heavy atom. The number of rotatable bonds is 4. The molecular weight excluding hydrogens is 238 g/mol. The fourth-order valence-corrected chi connectivity index (χ4v) is 2.07. The number of aromatic nitrogens is 4. The Labute approximate surface area is 104 Å². The van der Waals surface area contributed by atoms with E-state index in [1.165, 1.54) is 11.5 Å². The van der Waals surface area contributed by atoms with E-state index >= 15 is 0 Å². The molecule has 2 aromatic rings. The topological polar surface area (TPSA) is 67.9 Å². The first-order valence-electron chi connectivity index (χ1n) is 5.40. The predicted molar refractivity (Wildman–Crippen MR) is 65.1 cm³/mol. The van der Waals surface area contributed by atoms with Crippen molar-refractivity contribution >= 4 is 16.7 Å². The minimum Gasteiger partial charge on any atom is -0.342 e. The highest BCUT2D eigenvalue weighted by Crippen LogP contribution is 2.21. The van der Waals surface area contributed by atoms with Crippen molar-refractivity contribution in [1.82, 2.24) is 19.5 Å². The molecule has 0 aromatic carbocycles. The molecule has 0 saturated heterocycles. The van der Waals surface area contributed by atoms with Gasteiger partial charge in [-0.25, -0.2) is 4.98 Å². The smallest absolute Gasteiger partial charge is 0.223 e. The van der Waals surface area contributed by atoms with Crippen LogP contribution < -0.4 is 4.90 Å². The Morgan fingerprint density at radius 2 is 2.12 bits per heavy atom. The van der Waals surface area contributed by atoms with Gasteiger partial charge in [0.05, 0.1) is 6.54 Å². The van der Waals surface area contributed by atoms with Gasteiger partial charge in [0.2, 0.25) is 11.0 Å². The summed E-state index contributed by atoms with van der Waals surface area (Å²) in [5.41, 5.74) is 0. The second-order valence-corrected chi connectivity index (χ2v) is 4.91. The van der Waals surface area contributed by atoms with Crippen molar-refractivity contribution in [2.24, 2.45) is 0 Å². The van der Waals surface area contributed by atoms with Gasteiger partial charge in [-0.15, -0.1) is 0 Å². The fourth-order valence-electron chi connectivity index (χ4n) is 1.30. The first-order valence-corrected chi connectivity index (χ1v) is 6.17. The zero-order valence-corrected chi connectivity index (χ0v) is 11.2. The van der Waals surface area contributed by atoms with Gasteiger partial charge in [0.15, 0.2) is 5.82 Å². The Hall–Kier alpha value is -1.50. The predicted octanol–water partition coefficient (Wildman–Crippen LogP) is 1.99. The zero-order valence-electron chi connectivity index (χ0n) is 10.3. The first kappa shape index (κ1) is 12.0. The summed E-state index contributed by atoms with van der Waals surface area (Å²) in [4.78, 5) is 10.6. The van der Waals surface area contributed by atoms with E-state index in [1.807, 2.05) is 11.9 Å². The lowest BCUT2D eigenvalue weighted by Crippen LogP contribution is -2.17. The van der Waals surface area contributed by atoms with Crippen LogP contribution in [0.5, 0.6) is 0 Å². The molecule has 0 atom stereocenters. The van der Waals surface area contributed by atoms with E-state index in [-0.39, 0.29) is 0 Å². The summed E-state index contributed by atoms with van der Waals surface area (Å²) in [5, 5.41) is 4.72. The molecule has 0 aliphatic heterocycles. The highest BCUT2D eigenvalue weighted by Gasteiger charge is 2.13. The minimum absolute atomic E-state index is 0.348. The molecule has 0 saturated carbocycles. The van der Waals surface area contributed by atoms with Crippen molar-refractivity contribution in [3.63, 3.8) is 0 Å². The summed E-state index contributed by atoms with van der Waals surface area (Å²) in [6.45, 7) is 6.51. The second kappa shape index (κ2) is 4.79. The van der Waals surface area contributed by atoms with Gasteiger partial charge in [0.1, 0.15) is 5.82 Å². The van der Waals surface area contributed by atoms with Crippen LogP contribution in [0.15, 0.2) is 4.52 Å². The summed E-state index contributed by atoms with van der Waals surface area (Å²) in [6, 6.07) is 0. The van der Waals surface area contributed by atoms with E-state index < -0.39 is 0 Å². The van der Waals surface area contributed by atoms with Gasteiger partial charge in [-0.1, -0.05) is 19.0 Å². The lowest BCUT2D eigenvalue weighted by molar-refractivity contribution is 0.387. The molecule has 0 amide bonds. The number of anilines is 1. The van der Waals surface area contributed by atoms with Gasteiger partial charge in [-0.3, -0.25) is 0 Å². The molecule has 0 radical (unpaired) electrons. The number of aryl methyl sites for hydroxylation is 1. The van der Waals surface area contributed by atoms with E-state index in [9.17, 15) is 0 Å². The minimum atomic E-state index is 0.348. The molecule has 7 heteroatoms. The molecule has 2 rings (SSSR count). The molecule has 2 aromatic heterocycles. The maximum absolute atomic E-state index is 4.92. The van der Waals surface area contributed by atoms with Crippen LogP contribution in [-0.4, -0.2) is 26.5 Å². The lowest BCUT2D eigenvalue weighted by Gasteiger charge is -2.11. The van der Waals surface area contributed by atoms with Gasteiger partial charge in [-0.2, -0.15) is 9.36 Å². The molecule has 6 nitrogen and oxygen atoms in total. The molecule has 0 aliphatic carbocycles. The van der Waals surface area contributed by atoms with E-state index in [0.717, 1.165) is 11.0 Å². The van der Waals surface area contributed by atoms with Gasteiger partial charge >= 0.3 is 0 Å². The number of nitrogens with zero attached hydrogens (tertiary/aromatic N) is 5. The molecular formula is C10H15N5OS. The van der Waals surface area contributed by atoms with Crippen LogP contribution in [0.25, 0.3) is 0 Å². The highest BCUT2D eigenvalue weighted by molar-refractivity contribution is 7.09. The Balaban J connectivity index is 2.06. The Morgan fingerprint density at radius 3 is 2.65 bits per heavy atom. The maximum atomic E-state index is 4.92. The average Bonchev–Trinajstić information content (AvgIpc) is 2.86. The summed E-state index contributed by atoms with van der Waals surface area (Å²) in [6.07, 6.45) is 0. The van der Waals surface area contributed by atoms with Crippen molar-refractivity contribution < 1.29 is 4.52 Å². The number of hydrogen-bond donors (Lipinski definition) is 0. The lowest BCUT2D eigenvalue weighted by atomic mass is 10.2. The van der Waals surface area contributed by atoms with Crippen molar-refractivity contribution in [1.29, 1.82) is 0 Å². The summed E-state index contributed by atoms with van der Waals surface area (Å²) in [7, 11) is 1.94. The molecule has 0 spiro atoms. The Kier molecular flexibility index (Phi) is 3.37. The van der Waals surface area contributed by atoms with Gasteiger partial charge in [0.25, 0.3) is 0 Å². The van der Waals surface area contributed by atoms with Crippen LogP contribution in [0.3, 0.4) is 0 Å². The molecule has 0 fully saturated rings. The van der Waals surface area contributed by atoms with Crippen LogP contribution in [-0.2, 0) is 6.54 Å². The van der Waals surface area contributed by atoms with Crippen molar-refractivity contribution in [3.05, 3.63) is 17.5 Å². The third-order valence-electron chi connectivity index (χ3n) is 2.22. The molecule has 92 valence electrons. The van der Waals surface area contributed by atoms with Crippen LogP contribution in [0, 0.1) is 6.92 Å². The van der Waals surface area contributed by atoms with E-state index in [4.69, 9.17) is 4.52 Å². The van der Waals surface area contributed by atoms with Gasteiger partial charge < -0.3 is 9.42 Å². The summed E-state index contributed by atoms with van der Waals surface area (Å²) in [5.74, 6) is 2.46. The van der Waals surface area contributed by atoms with Crippen molar-refractivity contribution in [2.75, 3.05) is 11.9 Å². The van der Waals surface area contributed by atoms with Gasteiger partial charge in [-0.05, 0) is 0 Å². The maximum Gasteiger partial charge on any atom is 0.223 e. The van der Waals surface area contributed by atoms with E-state index in [1.54, 1.807) is 6.92 Å². The van der Waals surface area contributed by atoms with Crippen LogP contribution in [0.4, 0.5) is 5.13 Å². The van der Waals surface area contributed by atoms with Crippen molar-refractivity contribution in [2.45, 2.75) is 33.2 Å². The summed E-state index contributed by atoms with van der Waals surface area (Å²) >= 11 is 1.39. The normalized spacial score (nSPS) is 11.1. The zero-order chi connectivity index (χ0) is 12.4. The monoisotopic (exact) mass is 253 g/mol. The third-order valence-corrected chi connectivity index (χ3v) is 3.07.